The van der Waals surface area contributed by atoms with Crippen LogP contribution in [0.15, 0.2) is 16.7 Å². The van der Waals surface area contributed by atoms with Gasteiger partial charge in [0.25, 0.3) is 5.91 Å². The molecule has 19 heavy (non-hydrogen) atoms. The van der Waals surface area contributed by atoms with Crippen molar-refractivity contribution >= 4 is 37.5 Å². The molecule has 0 spiro atoms. The molecular weight excluding hydrogens is 334 g/mol. The number of aromatic nitrogens is 1. The quantitative estimate of drug-likeness (QED) is 0.749. The molecule has 1 rings (SSSR count). The zero-order chi connectivity index (χ0) is 14.5. The molecule has 0 fully saturated rings. The number of carbonyl (C=O) groups excluding carboxylic acids is 1. The average Bonchev–Trinajstić information content (AvgIpc) is 2.33. The van der Waals surface area contributed by atoms with E-state index in [1.165, 1.54) is 6.26 Å². The molecule has 0 saturated carbocycles. The number of amides is 1. The van der Waals surface area contributed by atoms with Gasteiger partial charge in [0.1, 0.15) is 15.7 Å². The van der Waals surface area contributed by atoms with Gasteiger partial charge in [0, 0.05) is 30.5 Å². The van der Waals surface area contributed by atoms with E-state index in [0.29, 0.717) is 28.8 Å². The number of hydrogen-bond acceptors (Lipinski definition) is 5. The third-order valence-corrected chi connectivity index (χ3v) is 3.78. The van der Waals surface area contributed by atoms with Gasteiger partial charge >= 0.3 is 0 Å². The van der Waals surface area contributed by atoms with E-state index in [-0.39, 0.29) is 11.7 Å². The number of hydrogen-bond donors (Lipinski definition) is 2. The van der Waals surface area contributed by atoms with Gasteiger partial charge in [0.2, 0.25) is 0 Å². The van der Waals surface area contributed by atoms with Crippen LogP contribution in [0.2, 0.25) is 0 Å². The summed E-state index contributed by atoms with van der Waals surface area (Å²) in [6, 6.07) is 1.66. The molecule has 0 aliphatic heterocycles. The third kappa shape index (κ3) is 5.56. The van der Waals surface area contributed by atoms with Gasteiger partial charge in [-0.2, -0.15) is 0 Å². The lowest BCUT2D eigenvalue weighted by Crippen LogP contribution is -2.26. The highest BCUT2D eigenvalue weighted by Gasteiger charge is 2.12. The second kappa shape index (κ2) is 6.85. The van der Waals surface area contributed by atoms with Gasteiger partial charge in [-0.3, -0.25) is 4.79 Å². The Hall–Kier alpha value is -1.15. The van der Waals surface area contributed by atoms with E-state index in [4.69, 9.17) is 0 Å². The fraction of sp³-hybridized carbons (Fsp3) is 0.455. The summed E-state index contributed by atoms with van der Waals surface area (Å²) in [6.07, 6.45) is 3.15. The molecular formula is C11H16BrN3O3S. The predicted octanol–water partition coefficient (Wildman–Crippen LogP) is 1.05. The van der Waals surface area contributed by atoms with Gasteiger partial charge < -0.3 is 10.6 Å². The van der Waals surface area contributed by atoms with Crippen LogP contribution in [0.25, 0.3) is 0 Å². The Morgan fingerprint density at radius 1 is 1.47 bits per heavy atom. The van der Waals surface area contributed by atoms with Crippen LogP contribution in [0.3, 0.4) is 0 Å². The Bertz CT molecular complexity index is 560. The lowest BCUT2D eigenvalue weighted by molar-refractivity contribution is 0.0954. The first-order valence-electron chi connectivity index (χ1n) is 5.62. The van der Waals surface area contributed by atoms with Crippen LogP contribution in [0.4, 0.5) is 5.82 Å². The zero-order valence-corrected chi connectivity index (χ0v) is 13.1. The van der Waals surface area contributed by atoms with Gasteiger partial charge in [-0.1, -0.05) is 0 Å². The number of anilines is 1. The molecule has 1 heterocycles. The molecule has 6 nitrogen and oxygen atoms in total. The van der Waals surface area contributed by atoms with E-state index in [2.05, 4.69) is 31.5 Å². The molecule has 0 aromatic carbocycles. The van der Waals surface area contributed by atoms with Crippen LogP contribution >= 0.6 is 15.9 Å². The summed E-state index contributed by atoms with van der Waals surface area (Å²) in [4.78, 5) is 16.0. The topological polar surface area (TPSA) is 88.2 Å². The first kappa shape index (κ1) is 15.9. The summed E-state index contributed by atoms with van der Waals surface area (Å²) in [5.74, 6) is 0.249. The van der Waals surface area contributed by atoms with E-state index < -0.39 is 9.84 Å². The number of halogens is 1. The molecule has 106 valence electrons. The second-order valence-corrected chi connectivity index (χ2v) is 7.21. The van der Waals surface area contributed by atoms with Crippen LogP contribution in [0.1, 0.15) is 16.8 Å². The second-order valence-electron chi connectivity index (χ2n) is 4.04. The Kier molecular flexibility index (Phi) is 5.74. The molecule has 1 aromatic rings. The maximum absolute atomic E-state index is 11.9. The van der Waals surface area contributed by atoms with Crippen molar-refractivity contribution in [3.63, 3.8) is 0 Å². The molecule has 0 radical (unpaired) electrons. The minimum Gasteiger partial charge on any atom is -0.372 e. The molecule has 1 amide bonds. The molecule has 2 N–H and O–H groups in total. The van der Waals surface area contributed by atoms with E-state index in [0.717, 1.165) is 0 Å². The Labute approximate surface area is 121 Å². The van der Waals surface area contributed by atoms with Gasteiger partial charge in [-0.25, -0.2) is 13.4 Å². The number of carbonyl (C=O) groups is 1. The Balaban J connectivity index is 2.61. The first-order valence-corrected chi connectivity index (χ1v) is 8.48. The lowest BCUT2D eigenvalue weighted by atomic mass is 10.2. The number of nitrogens with one attached hydrogen (secondary N) is 2. The van der Waals surface area contributed by atoms with Crippen LogP contribution in [-0.4, -0.2) is 44.9 Å². The summed E-state index contributed by atoms with van der Waals surface area (Å²) in [5, 5.41) is 5.50. The Morgan fingerprint density at radius 3 is 2.74 bits per heavy atom. The van der Waals surface area contributed by atoms with Gasteiger partial charge in [-0.15, -0.1) is 0 Å². The van der Waals surface area contributed by atoms with Crippen molar-refractivity contribution in [1.82, 2.24) is 10.3 Å². The van der Waals surface area contributed by atoms with Crippen molar-refractivity contribution in [3.8, 4) is 0 Å². The molecule has 1 aromatic heterocycles. The van der Waals surface area contributed by atoms with E-state index in [9.17, 15) is 13.2 Å². The first-order chi connectivity index (χ1) is 8.83. The molecule has 8 heteroatoms. The van der Waals surface area contributed by atoms with Crippen LogP contribution < -0.4 is 10.6 Å². The molecule has 0 atom stereocenters. The minimum atomic E-state index is -2.99. The molecule has 0 aliphatic rings. The lowest BCUT2D eigenvalue weighted by Gasteiger charge is -2.09. The van der Waals surface area contributed by atoms with Crippen LogP contribution in [0, 0.1) is 0 Å². The maximum Gasteiger partial charge on any atom is 0.255 e. The van der Waals surface area contributed by atoms with E-state index in [1.807, 2.05) is 0 Å². The Morgan fingerprint density at radius 2 is 2.16 bits per heavy atom. The molecule has 0 aliphatic carbocycles. The van der Waals surface area contributed by atoms with E-state index >= 15 is 0 Å². The van der Waals surface area contributed by atoms with Crippen molar-refractivity contribution in [2.75, 3.05) is 30.9 Å². The largest absolute Gasteiger partial charge is 0.372 e. The summed E-state index contributed by atoms with van der Waals surface area (Å²) in [5.41, 5.74) is 0.413. The third-order valence-electron chi connectivity index (χ3n) is 2.31. The molecule has 0 saturated heterocycles. The minimum absolute atomic E-state index is 0.0584. The monoisotopic (exact) mass is 349 g/mol. The summed E-state index contributed by atoms with van der Waals surface area (Å²) in [7, 11) is -1.31. The molecule has 0 bridgehead atoms. The fourth-order valence-electron chi connectivity index (χ4n) is 1.44. The highest BCUT2D eigenvalue weighted by Crippen LogP contribution is 2.17. The number of pyridine rings is 1. The average molecular weight is 350 g/mol. The standard InChI is InChI=1S/C11H16BrN3O3S/c1-13-10-9(6-8(12)7-15-10)11(16)14-4-3-5-19(2,17)18/h6-7H,3-5H2,1-2H3,(H,13,15)(H,14,16). The van der Waals surface area contributed by atoms with Crippen LogP contribution in [0.5, 0.6) is 0 Å². The SMILES string of the molecule is CNc1ncc(Br)cc1C(=O)NCCCS(C)(=O)=O. The summed E-state index contributed by atoms with van der Waals surface area (Å²) in [6.45, 7) is 0.307. The predicted molar refractivity (Wildman–Crippen MR) is 78.1 cm³/mol. The highest BCUT2D eigenvalue weighted by molar-refractivity contribution is 9.10. The van der Waals surface area contributed by atoms with E-state index in [1.54, 1.807) is 19.3 Å². The van der Waals surface area contributed by atoms with Gasteiger partial charge in [-0.05, 0) is 28.4 Å². The number of rotatable bonds is 6. The summed E-state index contributed by atoms with van der Waals surface area (Å²) < 4.78 is 22.6. The normalized spacial score (nSPS) is 11.1. The van der Waals surface area contributed by atoms with Crippen molar-refractivity contribution in [2.24, 2.45) is 0 Å². The van der Waals surface area contributed by atoms with Crippen molar-refractivity contribution in [3.05, 3.63) is 22.3 Å². The molecule has 0 unspecified atom stereocenters. The van der Waals surface area contributed by atoms with Crippen LogP contribution in [-0.2, 0) is 9.84 Å². The van der Waals surface area contributed by atoms with Crippen molar-refractivity contribution in [1.29, 1.82) is 0 Å². The number of nitrogens with zero attached hydrogens (tertiary/aromatic N) is 1. The van der Waals surface area contributed by atoms with Gasteiger partial charge in [0.15, 0.2) is 0 Å². The smallest absolute Gasteiger partial charge is 0.255 e. The zero-order valence-electron chi connectivity index (χ0n) is 10.7. The van der Waals surface area contributed by atoms with Crippen molar-refractivity contribution in [2.45, 2.75) is 6.42 Å². The maximum atomic E-state index is 11.9. The van der Waals surface area contributed by atoms with Gasteiger partial charge in [0.05, 0.1) is 11.3 Å². The van der Waals surface area contributed by atoms with Crippen molar-refractivity contribution < 1.29 is 13.2 Å². The fourth-order valence-corrected chi connectivity index (χ4v) is 2.44. The summed E-state index contributed by atoms with van der Waals surface area (Å²) >= 11 is 3.25. The number of sulfone groups is 1. The highest BCUT2D eigenvalue weighted by atomic mass is 79.9.